The van der Waals surface area contributed by atoms with Crippen LogP contribution < -0.4 is 16.0 Å². The van der Waals surface area contributed by atoms with Gasteiger partial charge in [0, 0.05) is 51.1 Å². The van der Waals surface area contributed by atoms with Gasteiger partial charge < -0.3 is 20.9 Å². The van der Waals surface area contributed by atoms with Gasteiger partial charge in [-0.05, 0) is 25.7 Å². The molecule has 2 aliphatic rings. The average Bonchev–Trinajstić information content (AvgIpc) is 2.99. The lowest BCUT2D eigenvalue weighted by molar-refractivity contribution is -0.133. The van der Waals surface area contributed by atoms with E-state index >= 15 is 0 Å². The van der Waals surface area contributed by atoms with Crippen LogP contribution in [0.5, 0.6) is 0 Å². The van der Waals surface area contributed by atoms with Gasteiger partial charge in [-0.15, -0.1) is 24.0 Å². The van der Waals surface area contributed by atoms with Crippen molar-refractivity contribution in [2.45, 2.75) is 52.0 Å². The first-order valence-corrected chi connectivity index (χ1v) is 9.55. The Kier molecular flexibility index (Phi) is 10.3. The molecule has 150 valence electrons. The van der Waals surface area contributed by atoms with E-state index in [4.69, 9.17) is 0 Å². The fraction of sp³-hybridized carbons (Fsp3) is 0.833. The second-order valence-corrected chi connectivity index (χ2v) is 7.34. The summed E-state index contributed by atoms with van der Waals surface area (Å²) >= 11 is 0. The molecule has 2 rings (SSSR count). The van der Waals surface area contributed by atoms with Crippen LogP contribution >= 0.6 is 24.0 Å². The summed E-state index contributed by atoms with van der Waals surface area (Å²) in [6, 6.07) is 0.243. The normalized spacial score (nSPS) is 20.4. The maximum absolute atomic E-state index is 12.0. The number of carbonyl (C=O) groups is 2. The first-order valence-electron chi connectivity index (χ1n) is 9.55. The molecule has 1 aliphatic heterocycles. The molecule has 1 aliphatic carbocycles. The summed E-state index contributed by atoms with van der Waals surface area (Å²) < 4.78 is 0. The largest absolute Gasteiger partial charge is 0.356 e. The number of nitrogens with one attached hydrogen (secondary N) is 3. The van der Waals surface area contributed by atoms with Crippen LogP contribution in [0, 0.1) is 11.8 Å². The van der Waals surface area contributed by atoms with Gasteiger partial charge >= 0.3 is 0 Å². The maximum Gasteiger partial charge on any atom is 0.225 e. The van der Waals surface area contributed by atoms with Gasteiger partial charge in [-0.1, -0.05) is 20.3 Å². The van der Waals surface area contributed by atoms with E-state index in [0.717, 1.165) is 51.3 Å². The highest BCUT2D eigenvalue weighted by Crippen LogP contribution is 2.25. The van der Waals surface area contributed by atoms with E-state index in [-0.39, 0.29) is 53.7 Å². The Morgan fingerprint density at radius 2 is 1.85 bits per heavy atom. The lowest BCUT2D eigenvalue weighted by Gasteiger charge is -2.24. The number of nitrogens with zero attached hydrogens (tertiary/aromatic N) is 2. The Hall–Kier alpha value is -1.06. The molecule has 1 atom stereocenters. The number of rotatable bonds is 7. The van der Waals surface area contributed by atoms with Crippen LogP contribution in [0.1, 0.15) is 46.0 Å². The quantitative estimate of drug-likeness (QED) is 0.223. The molecular weight excluding hydrogens is 445 g/mol. The van der Waals surface area contributed by atoms with E-state index in [1.165, 1.54) is 6.42 Å². The third-order valence-corrected chi connectivity index (χ3v) is 4.98. The molecule has 26 heavy (non-hydrogen) atoms. The second-order valence-electron chi connectivity index (χ2n) is 7.34. The molecule has 0 spiro atoms. The Bertz CT molecular complexity index is 494. The minimum atomic E-state index is 0. The van der Waals surface area contributed by atoms with E-state index < -0.39 is 0 Å². The van der Waals surface area contributed by atoms with Crippen molar-refractivity contribution in [3.05, 3.63) is 0 Å². The Balaban J connectivity index is 0.00000338. The zero-order valence-corrected chi connectivity index (χ0v) is 18.5. The fourth-order valence-electron chi connectivity index (χ4n) is 3.15. The summed E-state index contributed by atoms with van der Waals surface area (Å²) in [7, 11) is 1.75. The van der Waals surface area contributed by atoms with Crippen LogP contribution in [0.3, 0.4) is 0 Å². The first kappa shape index (κ1) is 23.0. The van der Waals surface area contributed by atoms with Crippen LogP contribution in [-0.4, -0.2) is 61.9 Å². The molecule has 3 N–H and O–H groups in total. The van der Waals surface area contributed by atoms with E-state index in [1.807, 2.05) is 18.7 Å². The number of hydrogen-bond donors (Lipinski definition) is 3. The molecular formula is C18H34IN5O2. The summed E-state index contributed by atoms with van der Waals surface area (Å²) in [5.41, 5.74) is 0. The van der Waals surface area contributed by atoms with Gasteiger partial charge in [0.05, 0.1) is 0 Å². The molecule has 1 unspecified atom stereocenters. The van der Waals surface area contributed by atoms with E-state index in [0.29, 0.717) is 6.54 Å². The van der Waals surface area contributed by atoms with Gasteiger partial charge in [-0.2, -0.15) is 0 Å². The molecule has 0 bridgehead atoms. The van der Waals surface area contributed by atoms with Gasteiger partial charge in [0.2, 0.25) is 11.8 Å². The molecule has 8 heteroatoms. The first-order chi connectivity index (χ1) is 12.0. The highest BCUT2D eigenvalue weighted by atomic mass is 127. The Labute approximate surface area is 174 Å². The van der Waals surface area contributed by atoms with Crippen molar-refractivity contribution >= 4 is 41.8 Å². The minimum absolute atomic E-state index is 0. The number of aliphatic imine (C=N–C) groups is 1. The Morgan fingerprint density at radius 3 is 2.42 bits per heavy atom. The summed E-state index contributed by atoms with van der Waals surface area (Å²) in [6.45, 7) is 6.86. The lowest BCUT2D eigenvalue weighted by Crippen LogP contribution is -2.46. The van der Waals surface area contributed by atoms with E-state index in [1.54, 1.807) is 7.05 Å². The predicted molar refractivity (Wildman–Crippen MR) is 115 cm³/mol. The topological polar surface area (TPSA) is 85.8 Å². The molecule has 2 fully saturated rings. The Morgan fingerprint density at radius 1 is 1.15 bits per heavy atom. The van der Waals surface area contributed by atoms with Gasteiger partial charge in [0.1, 0.15) is 0 Å². The number of likely N-dealkylation sites (tertiary alicyclic amines) is 1. The summed E-state index contributed by atoms with van der Waals surface area (Å²) in [5.74, 6) is 1.48. The minimum Gasteiger partial charge on any atom is -0.356 e. The summed E-state index contributed by atoms with van der Waals surface area (Å²) in [4.78, 5) is 29.9. The monoisotopic (exact) mass is 479 g/mol. The molecule has 1 heterocycles. The number of carbonyl (C=O) groups excluding carboxylic acids is 2. The molecule has 0 aromatic carbocycles. The maximum atomic E-state index is 12.0. The zero-order chi connectivity index (χ0) is 18.2. The van der Waals surface area contributed by atoms with Crippen molar-refractivity contribution in [2.24, 2.45) is 16.8 Å². The number of hydrogen-bond acceptors (Lipinski definition) is 3. The molecule has 1 saturated heterocycles. The van der Waals surface area contributed by atoms with Gasteiger partial charge in [0.15, 0.2) is 5.96 Å². The predicted octanol–water partition coefficient (Wildman–Crippen LogP) is 1.33. The van der Waals surface area contributed by atoms with Crippen LogP contribution in [0.15, 0.2) is 4.99 Å². The van der Waals surface area contributed by atoms with Crippen molar-refractivity contribution in [1.82, 2.24) is 20.9 Å². The molecule has 0 aromatic heterocycles. The van der Waals surface area contributed by atoms with Gasteiger partial charge in [-0.3, -0.25) is 14.6 Å². The SMILES string of the molecule is CN=C(NCCCNC(=O)C1CCC1)NC1CCN(C(=O)C(C)C)C1.I. The molecule has 7 nitrogen and oxygen atoms in total. The second kappa shape index (κ2) is 11.6. The smallest absolute Gasteiger partial charge is 0.225 e. The number of halogens is 1. The van der Waals surface area contributed by atoms with Crippen molar-refractivity contribution in [1.29, 1.82) is 0 Å². The van der Waals surface area contributed by atoms with E-state index in [2.05, 4.69) is 20.9 Å². The molecule has 2 amide bonds. The van der Waals surface area contributed by atoms with Crippen LogP contribution in [0.25, 0.3) is 0 Å². The highest BCUT2D eigenvalue weighted by molar-refractivity contribution is 14.0. The van der Waals surface area contributed by atoms with Gasteiger partial charge in [0.25, 0.3) is 0 Å². The van der Waals surface area contributed by atoms with Crippen molar-refractivity contribution in [3.8, 4) is 0 Å². The fourth-order valence-corrected chi connectivity index (χ4v) is 3.15. The van der Waals surface area contributed by atoms with Crippen LogP contribution in [0.2, 0.25) is 0 Å². The number of amides is 2. The third kappa shape index (κ3) is 6.92. The molecule has 0 aromatic rings. The average molecular weight is 479 g/mol. The molecule has 1 saturated carbocycles. The van der Waals surface area contributed by atoms with Gasteiger partial charge in [-0.25, -0.2) is 0 Å². The van der Waals surface area contributed by atoms with Crippen molar-refractivity contribution < 1.29 is 9.59 Å². The zero-order valence-electron chi connectivity index (χ0n) is 16.2. The lowest BCUT2D eigenvalue weighted by atomic mass is 9.85. The van der Waals surface area contributed by atoms with Crippen LogP contribution in [-0.2, 0) is 9.59 Å². The summed E-state index contributed by atoms with van der Waals surface area (Å²) in [5, 5.41) is 9.66. The van der Waals surface area contributed by atoms with E-state index in [9.17, 15) is 9.59 Å². The molecule has 0 radical (unpaired) electrons. The highest BCUT2D eigenvalue weighted by Gasteiger charge is 2.28. The standard InChI is InChI=1S/C18H33N5O2.HI/c1-13(2)17(25)23-11-8-15(12-23)22-18(19-3)21-10-5-9-20-16(24)14-6-4-7-14;/h13-15H,4-12H2,1-3H3,(H,20,24)(H2,19,21,22);1H. The summed E-state index contributed by atoms with van der Waals surface area (Å²) in [6.07, 6.45) is 5.07. The third-order valence-electron chi connectivity index (χ3n) is 4.98. The van der Waals surface area contributed by atoms with Crippen molar-refractivity contribution in [2.75, 3.05) is 33.2 Å². The van der Waals surface area contributed by atoms with Crippen molar-refractivity contribution in [3.63, 3.8) is 0 Å². The number of guanidine groups is 1. The van der Waals surface area contributed by atoms with Crippen LogP contribution in [0.4, 0.5) is 0 Å².